The van der Waals surface area contributed by atoms with Gasteiger partial charge in [-0.05, 0) is 50.2 Å². The first-order valence-electron chi connectivity index (χ1n) is 7.38. The summed E-state index contributed by atoms with van der Waals surface area (Å²) >= 11 is 7.11. The molecule has 2 aromatic rings. The first-order valence-corrected chi connectivity index (χ1v) is 8.60. The lowest BCUT2D eigenvalue weighted by Gasteiger charge is -2.25. The average molecular weight is 346 g/mol. The number of thiocarbonyl (C=S) groups is 1. The smallest absolute Gasteiger partial charge is 0.340 e. The Morgan fingerprint density at radius 3 is 2.91 bits per heavy atom. The zero-order chi connectivity index (χ0) is 16.6. The van der Waals surface area contributed by atoms with Crippen LogP contribution in [0.2, 0.25) is 0 Å². The van der Waals surface area contributed by atoms with E-state index in [9.17, 15) is 4.79 Å². The normalized spacial score (nSPS) is 16.1. The number of esters is 1. The SMILES string of the molecule is COC(=O)c1cc(C)sc1NC(=S)N1c2ccccc2C[C@@H]1C. The van der Waals surface area contributed by atoms with Crippen LogP contribution < -0.4 is 10.2 Å². The highest BCUT2D eigenvalue weighted by molar-refractivity contribution is 7.80. The van der Waals surface area contributed by atoms with Gasteiger partial charge in [-0.3, -0.25) is 0 Å². The molecule has 1 N–H and O–H groups in total. The Labute approximate surface area is 145 Å². The van der Waals surface area contributed by atoms with E-state index in [1.165, 1.54) is 24.0 Å². The fourth-order valence-corrected chi connectivity index (χ4v) is 4.24. The van der Waals surface area contributed by atoms with Crippen LogP contribution in [0.15, 0.2) is 30.3 Å². The minimum atomic E-state index is -0.352. The maximum absolute atomic E-state index is 11.9. The lowest BCUT2D eigenvalue weighted by Crippen LogP contribution is -2.38. The van der Waals surface area contributed by atoms with Gasteiger partial charge in [0.25, 0.3) is 0 Å². The van der Waals surface area contributed by atoms with Crippen LogP contribution in [0.1, 0.15) is 27.7 Å². The molecule has 4 nitrogen and oxygen atoms in total. The second-order valence-electron chi connectivity index (χ2n) is 5.57. The number of methoxy groups -OCH3 is 1. The minimum Gasteiger partial charge on any atom is -0.465 e. The molecule has 0 bridgehead atoms. The Morgan fingerprint density at radius 2 is 2.17 bits per heavy atom. The Kier molecular flexibility index (Phi) is 4.37. The number of carbonyl (C=O) groups excluding carboxylic acids is 1. The van der Waals surface area contributed by atoms with Gasteiger partial charge in [0.1, 0.15) is 5.00 Å². The number of para-hydroxylation sites is 1. The third kappa shape index (κ3) is 2.96. The average Bonchev–Trinajstić information content (AvgIpc) is 3.05. The summed E-state index contributed by atoms with van der Waals surface area (Å²) < 4.78 is 4.85. The number of thiophene rings is 1. The van der Waals surface area contributed by atoms with Crippen molar-refractivity contribution in [2.75, 3.05) is 17.3 Å². The molecule has 0 unspecified atom stereocenters. The summed E-state index contributed by atoms with van der Waals surface area (Å²) in [6, 6.07) is 10.4. The zero-order valence-corrected chi connectivity index (χ0v) is 14.9. The molecule has 120 valence electrons. The van der Waals surface area contributed by atoms with Crippen molar-refractivity contribution < 1.29 is 9.53 Å². The van der Waals surface area contributed by atoms with Gasteiger partial charge in [-0.15, -0.1) is 11.3 Å². The molecule has 1 aliphatic heterocycles. The van der Waals surface area contributed by atoms with E-state index in [-0.39, 0.29) is 12.0 Å². The summed E-state index contributed by atoms with van der Waals surface area (Å²) in [7, 11) is 1.39. The lowest BCUT2D eigenvalue weighted by atomic mass is 10.1. The van der Waals surface area contributed by atoms with E-state index >= 15 is 0 Å². The predicted molar refractivity (Wildman–Crippen MR) is 98.7 cm³/mol. The molecule has 0 radical (unpaired) electrons. The van der Waals surface area contributed by atoms with Gasteiger partial charge in [-0.2, -0.15) is 0 Å². The van der Waals surface area contributed by atoms with Gasteiger partial charge in [-0.25, -0.2) is 4.79 Å². The first kappa shape index (κ1) is 16.0. The highest BCUT2D eigenvalue weighted by Gasteiger charge is 2.29. The molecule has 1 aliphatic rings. The van der Waals surface area contributed by atoms with Crippen LogP contribution in [0, 0.1) is 6.92 Å². The summed E-state index contributed by atoms with van der Waals surface area (Å²) in [5, 5.41) is 4.57. The van der Waals surface area contributed by atoms with Gasteiger partial charge < -0.3 is 15.0 Å². The quantitative estimate of drug-likeness (QED) is 0.658. The molecule has 0 amide bonds. The van der Waals surface area contributed by atoms with E-state index in [1.54, 1.807) is 0 Å². The number of hydrogen-bond donors (Lipinski definition) is 1. The van der Waals surface area contributed by atoms with Crippen molar-refractivity contribution in [3.05, 3.63) is 46.3 Å². The van der Waals surface area contributed by atoms with Gasteiger partial charge in [0.2, 0.25) is 0 Å². The van der Waals surface area contributed by atoms with E-state index in [2.05, 4.69) is 29.3 Å². The van der Waals surface area contributed by atoms with Crippen LogP contribution in [-0.4, -0.2) is 24.2 Å². The molecule has 23 heavy (non-hydrogen) atoms. The summed E-state index contributed by atoms with van der Waals surface area (Å²) in [4.78, 5) is 15.0. The molecular weight excluding hydrogens is 328 g/mol. The zero-order valence-electron chi connectivity index (χ0n) is 13.3. The van der Waals surface area contributed by atoms with Crippen LogP contribution in [0.4, 0.5) is 10.7 Å². The second-order valence-corrected chi connectivity index (χ2v) is 7.22. The third-order valence-electron chi connectivity index (χ3n) is 3.91. The molecule has 0 fully saturated rings. The molecule has 0 aliphatic carbocycles. The second kappa shape index (κ2) is 6.29. The number of nitrogens with one attached hydrogen (secondary N) is 1. The Balaban J connectivity index is 1.87. The number of anilines is 2. The molecule has 1 aromatic heterocycles. The Bertz CT molecular complexity index is 770. The van der Waals surface area contributed by atoms with E-state index in [0.717, 1.165) is 22.0 Å². The van der Waals surface area contributed by atoms with Crippen molar-refractivity contribution in [3.63, 3.8) is 0 Å². The summed E-state index contributed by atoms with van der Waals surface area (Å²) in [6.45, 7) is 4.11. The van der Waals surface area contributed by atoms with Crippen molar-refractivity contribution in [1.29, 1.82) is 0 Å². The minimum absolute atomic E-state index is 0.287. The predicted octanol–water partition coefficient (Wildman–Crippen LogP) is 3.99. The Morgan fingerprint density at radius 1 is 1.43 bits per heavy atom. The van der Waals surface area contributed by atoms with Crippen molar-refractivity contribution in [2.24, 2.45) is 0 Å². The highest BCUT2D eigenvalue weighted by atomic mass is 32.1. The molecule has 1 atom stereocenters. The van der Waals surface area contributed by atoms with Crippen molar-refractivity contribution in [3.8, 4) is 0 Å². The highest BCUT2D eigenvalue weighted by Crippen LogP contribution is 2.34. The van der Waals surface area contributed by atoms with Crippen molar-refractivity contribution in [1.82, 2.24) is 0 Å². The number of fused-ring (bicyclic) bond motifs is 1. The van der Waals surface area contributed by atoms with E-state index in [0.29, 0.717) is 10.7 Å². The van der Waals surface area contributed by atoms with Gasteiger partial charge in [0.05, 0.1) is 12.7 Å². The molecular formula is C17H18N2O2S2. The van der Waals surface area contributed by atoms with Gasteiger partial charge in [0, 0.05) is 16.6 Å². The maximum atomic E-state index is 11.9. The van der Waals surface area contributed by atoms with E-state index < -0.39 is 0 Å². The molecule has 1 aromatic carbocycles. The maximum Gasteiger partial charge on any atom is 0.340 e. The van der Waals surface area contributed by atoms with E-state index in [1.807, 2.05) is 25.1 Å². The molecule has 6 heteroatoms. The van der Waals surface area contributed by atoms with Crippen LogP contribution in [0.3, 0.4) is 0 Å². The number of ether oxygens (including phenoxy) is 1. The van der Waals surface area contributed by atoms with Gasteiger partial charge >= 0.3 is 5.97 Å². The molecule has 0 spiro atoms. The summed E-state index contributed by atoms with van der Waals surface area (Å²) in [6.07, 6.45) is 0.964. The number of benzene rings is 1. The Hall–Kier alpha value is -1.92. The third-order valence-corrected chi connectivity index (χ3v) is 5.17. The molecule has 2 heterocycles. The fraction of sp³-hybridized carbons (Fsp3) is 0.294. The monoisotopic (exact) mass is 346 g/mol. The number of carbonyl (C=O) groups is 1. The van der Waals surface area contributed by atoms with Gasteiger partial charge in [0.15, 0.2) is 5.11 Å². The number of nitrogens with zero attached hydrogens (tertiary/aromatic N) is 1. The standard InChI is InChI=1S/C17H18N2O2S2/c1-10-8-12-6-4-5-7-14(12)19(10)17(22)18-15-13(16(20)21-3)9-11(2)23-15/h4-7,9-10H,8H2,1-3H3,(H,18,22)/t10-/m0/s1. The lowest BCUT2D eigenvalue weighted by molar-refractivity contribution is 0.0602. The van der Waals surface area contributed by atoms with Crippen LogP contribution in [0.25, 0.3) is 0 Å². The van der Waals surface area contributed by atoms with Crippen molar-refractivity contribution in [2.45, 2.75) is 26.3 Å². The van der Waals surface area contributed by atoms with Crippen LogP contribution in [0.5, 0.6) is 0 Å². The largest absolute Gasteiger partial charge is 0.465 e. The van der Waals surface area contributed by atoms with Crippen LogP contribution >= 0.6 is 23.6 Å². The number of aryl methyl sites for hydroxylation is 1. The molecule has 3 rings (SSSR count). The number of rotatable bonds is 2. The van der Waals surface area contributed by atoms with Gasteiger partial charge in [-0.1, -0.05) is 18.2 Å². The topological polar surface area (TPSA) is 41.6 Å². The summed E-state index contributed by atoms with van der Waals surface area (Å²) in [5.41, 5.74) is 2.95. The van der Waals surface area contributed by atoms with Crippen LogP contribution in [-0.2, 0) is 11.2 Å². The summed E-state index contributed by atoms with van der Waals surface area (Å²) in [5.74, 6) is -0.352. The number of hydrogen-bond acceptors (Lipinski definition) is 4. The van der Waals surface area contributed by atoms with Crippen molar-refractivity contribution >= 4 is 45.3 Å². The molecule has 0 saturated heterocycles. The fourth-order valence-electron chi connectivity index (χ4n) is 2.90. The molecule has 0 saturated carbocycles. The van der Waals surface area contributed by atoms with E-state index in [4.69, 9.17) is 17.0 Å². The first-order chi connectivity index (χ1) is 11.0.